The molecule has 4 heteroatoms. The van der Waals surface area contributed by atoms with Gasteiger partial charge in [0.05, 0.1) is 5.92 Å². The van der Waals surface area contributed by atoms with Gasteiger partial charge in [-0.15, -0.1) is 0 Å². The summed E-state index contributed by atoms with van der Waals surface area (Å²) in [4.78, 5) is 11.7. The minimum absolute atomic E-state index is 0.212. The average Bonchev–Trinajstić information content (AvgIpc) is 2.30. The summed E-state index contributed by atoms with van der Waals surface area (Å²) in [5, 5.41) is 3.95. The predicted octanol–water partition coefficient (Wildman–Crippen LogP) is 1.91. The lowest BCUT2D eigenvalue weighted by molar-refractivity contribution is -0.120. The molecule has 1 heterocycles. The van der Waals surface area contributed by atoms with Gasteiger partial charge in [0.1, 0.15) is 0 Å². The molecule has 1 atom stereocenters. The maximum Gasteiger partial charge on any atom is 0.225 e. The fraction of sp³-hybridized carbons (Fsp3) is 0.462. The molecule has 0 aromatic heterocycles. The Labute approximate surface area is 106 Å². The van der Waals surface area contributed by atoms with Gasteiger partial charge in [-0.25, -0.2) is 0 Å². The van der Waals surface area contributed by atoms with Gasteiger partial charge in [-0.05, 0) is 49.5 Å². The largest absolute Gasteiger partial charge is 0.369 e. The number of nitrogens with one attached hydrogen (secondary N) is 1. The molecule has 3 N–H and O–H groups in total. The summed E-state index contributed by atoms with van der Waals surface area (Å²) in [6.45, 7) is 1.91. The van der Waals surface area contributed by atoms with E-state index in [0.717, 1.165) is 31.5 Å². The number of carbonyl (C=O) groups is 1. The van der Waals surface area contributed by atoms with Crippen LogP contribution in [0.4, 0.5) is 0 Å². The minimum atomic E-state index is -0.251. The van der Waals surface area contributed by atoms with Crippen molar-refractivity contribution >= 4 is 17.5 Å². The zero-order valence-electron chi connectivity index (χ0n) is 9.66. The fourth-order valence-corrected chi connectivity index (χ4v) is 2.75. The molecule has 0 radical (unpaired) electrons. The highest BCUT2D eigenvalue weighted by molar-refractivity contribution is 6.30. The van der Waals surface area contributed by atoms with Crippen LogP contribution in [0.25, 0.3) is 0 Å². The van der Waals surface area contributed by atoms with E-state index >= 15 is 0 Å². The number of piperidine rings is 1. The van der Waals surface area contributed by atoms with Crippen LogP contribution in [0.3, 0.4) is 0 Å². The third-order valence-electron chi connectivity index (χ3n) is 3.37. The first kappa shape index (κ1) is 12.4. The van der Waals surface area contributed by atoms with Gasteiger partial charge in [0.15, 0.2) is 0 Å². The van der Waals surface area contributed by atoms with E-state index < -0.39 is 0 Å². The smallest absolute Gasteiger partial charge is 0.225 e. The predicted molar refractivity (Wildman–Crippen MR) is 69.0 cm³/mol. The van der Waals surface area contributed by atoms with E-state index in [1.165, 1.54) is 0 Å². The summed E-state index contributed by atoms with van der Waals surface area (Å²) >= 11 is 5.97. The van der Waals surface area contributed by atoms with E-state index in [0.29, 0.717) is 10.9 Å². The zero-order chi connectivity index (χ0) is 12.3. The Morgan fingerprint density at radius 1 is 1.41 bits per heavy atom. The molecule has 1 aliphatic heterocycles. The van der Waals surface area contributed by atoms with Gasteiger partial charge in [0.25, 0.3) is 0 Å². The Kier molecular flexibility index (Phi) is 4.02. The number of benzene rings is 1. The monoisotopic (exact) mass is 252 g/mol. The Balaban J connectivity index is 2.25. The van der Waals surface area contributed by atoms with Gasteiger partial charge in [-0.1, -0.05) is 23.7 Å². The van der Waals surface area contributed by atoms with E-state index in [9.17, 15) is 4.79 Å². The van der Waals surface area contributed by atoms with Crippen LogP contribution < -0.4 is 11.1 Å². The van der Waals surface area contributed by atoms with Crippen molar-refractivity contribution < 1.29 is 4.79 Å². The lowest BCUT2D eigenvalue weighted by atomic mass is 9.80. The summed E-state index contributed by atoms with van der Waals surface area (Å²) in [5.74, 6) is -0.137. The summed E-state index contributed by atoms with van der Waals surface area (Å²) in [6.07, 6.45) is 1.97. The highest BCUT2D eigenvalue weighted by Crippen LogP contribution is 2.31. The van der Waals surface area contributed by atoms with Crippen LogP contribution in [0.1, 0.15) is 24.3 Å². The maximum absolute atomic E-state index is 11.7. The molecule has 1 unspecified atom stereocenters. The SMILES string of the molecule is NC(=O)C(c1cccc(Cl)c1)C1CCNCC1. The number of primary amides is 1. The minimum Gasteiger partial charge on any atom is -0.369 e. The quantitative estimate of drug-likeness (QED) is 0.864. The first-order valence-corrected chi connectivity index (χ1v) is 6.32. The van der Waals surface area contributed by atoms with Crippen LogP contribution in [-0.4, -0.2) is 19.0 Å². The molecule has 0 aliphatic carbocycles. The molecule has 1 amide bonds. The molecule has 1 aliphatic rings. The lowest BCUT2D eigenvalue weighted by Gasteiger charge is -2.29. The van der Waals surface area contributed by atoms with Crippen molar-refractivity contribution in [1.29, 1.82) is 0 Å². The number of halogens is 1. The van der Waals surface area contributed by atoms with Crippen LogP contribution in [0, 0.1) is 5.92 Å². The molecule has 0 bridgehead atoms. The van der Waals surface area contributed by atoms with Crippen LogP contribution in [0.15, 0.2) is 24.3 Å². The van der Waals surface area contributed by atoms with Gasteiger partial charge in [-0.3, -0.25) is 4.79 Å². The Hall–Kier alpha value is -1.06. The molecular weight excluding hydrogens is 236 g/mol. The highest BCUT2D eigenvalue weighted by atomic mass is 35.5. The molecule has 1 fully saturated rings. The number of rotatable bonds is 3. The number of hydrogen-bond acceptors (Lipinski definition) is 2. The Morgan fingerprint density at radius 3 is 2.71 bits per heavy atom. The molecule has 2 rings (SSSR count). The van der Waals surface area contributed by atoms with Crippen LogP contribution in [-0.2, 0) is 4.79 Å². The van der Waals surface area contributed by atoms with Gasteiger partial charge in [0, 0.05) is 5.02 Å². The first-order chi connectivity index (χ1) is 8.18. The van der Waals surface area contributed by atoms with Gasteiger partial charge < -0.3 is 11.1 Å². The Bertz CT molecular complexity index is 402. The molecular formula is C13H17ClN2O. The lowest BCUT2D eigenvalue weighted by Crippen LogP contribution is -2.36. The summed E-state index contributed by atoms with van der Waals surface area (Å²) < 4.78 is 0. The first-order valence-electron chi connectivity index (χ1n) is 5.94. The van der Waals surface area contributed by atoms with E-state index in [1.807, 2.05) is 24.3 Å². The Morgan fingerprint density at radius 2 is 2.12 bits per heavy atom. The van der Waals surface area contributed by atoms with E-state index in [-0.39, 0.29) is 11.8 Å². The summed E-state index contributed by atoms with van der Waals surface area (Å²) in [7, 11) is 0. The molecule has 17 heavy (non-hydrogen) atoms. The fourth-order valence-electron chi connectivity index (χ4n) is 2.55. The number of hydrogen-bond donors (Lipinski definition) is 2. The second kappa shape index (κ2) is 5.52. The zero-order valence-corrected chi connectivity index (χ0v) is 10.4. The summed E-state index contributed by atoms with van der Waals surface area (Å²) in [5.41, 5.74) is 6.49. The van der Waals surface area contributed by atoms with Gasteiger partial charge in [0.2, 0.25) is 5.91 Å². The van der Waals surface area contributed by atoms with E-state index in [2.05, 4.69) is 5.32 Å². The topological polar surface area (TPSA) is 55.1 Å². The maximum atomic E-state index is 11.7. The second-order valence-electron chi connectivity index (χ2n) is 4.52. The van der Waals surface area contributed by atoms with Crippen molar-refractivity contribution in [2.45, 2.75) is 18.8 Å². The molecule has 1 aromatic rings. The highest BCUT2D eigenvalue weighted by Gasteiger charge is 2.29. The average molecular weight is 253 g/mol. The third kappa shape index (κ3) is 2.99. The summed E-state index contributed by atoms with van der Waals surface area (Å²) in [6, 6.07) is 7.46. The van der Waals surface area contributed by atoms with Crippen LogP contribution >= 0.6 is 11.6 Å². The molecule has 0 spiro atoms. The van der Waals surface area contributed by atoms with Gasteiger partial charge >= 0.3 is 0 Å². The van der Waals surface area contributed by atoms with Gasteiger partial charge in [-0.2, -0.15) is 0 Å². The standard InChI is InChI=1S/C13H17ClN2O/c14-11-3-1-2-10(8-11)12(13(15)17)9-4-6-16-7-5-9/h1-3,8-9,12,16H,4-7H2,(H2,15,17). The molecule has 1 saturated heterocycles. The van der Waals surface area contributed by atoms with Crippen molar-refractivity contribution in [1.82, 2.24) is 5.32 Å². The third-order valence-corrected chi connectivity index (χ3v) is 3.60. The van der Waals surface area contributed by atoms with Crippen LogP contribution in [0.5, 0.6) is 0 Å². The molecule has 3 nitrogen and oxygen atoms in total. The van der Waals surface area contributed by atoms with Crippen molar-refractivity contribution in [3.63, 3.8) is 0 Å². The van der Waals surface area contributed by atoms with Crippen LogP contribution in [0.2, 0.25) is 5.02 Å². The molecule has 0 saturated carbocycles. The van der Waals surface area contributed by atoms with E-state index in [1.54, 1.807) is 0 Å². The number of amides is 1. The number of nitrogens with two attached hydrogens (primary N) is 1. The van der Waals surface area contributed by atoms with Crippen molar-refractivity contribution in [2.75, 3.05) is 13.1 Å². The second-order valence-corrected chi connectivity index (χ2v) is 4.96. The normalized spacial score (nSPS) is 18.9. The van der Waals surface area contributed by atoms with E-state index in [4.69, 9.17) is 17.3 Å². The number of carbonyl (C=O) groups excluding carboxylic acids is 1. The van der Waals surface area contributed by atoms with Crippen molar-refractivity contribution in [3.05, 3.63) is 34.9 Å². The van der Waals surface area contributed by atoms with Crippen molar-refractivity contribution in [3.8, 4) is 0 Å². The van der Waals surface area contributed by atoms with Crippen molar-refractivity contribution in [2.24, 2.45) is 11.7 Å². The molecule has 1 aromatic carbocycles. The molecule has 92 valence electrons.